The van der Waals surface area contributed by atoms with Crippen LogP contribution in [0.3, 0.4) is 0 Å². The molecule has 4 heterocycles. The van der Waals surface area contributed by atoms with E-state index in [0.29, 0.717) is 5.65 Å². The number of carbonyl (C=O) groups excluding carboxylic acids is 1. The lowest BCUT2D eigenvalue weighted by molar-refractivity contribution is -0.133. The Morgan fingerprint density at radius 1 is 1.03 bits per heavy atom. The van der Waals surface area contributed by atoms with Gasteiger partial charge in [-0.15, -0.1) is 0 Å². The summed E-state index contributed by atoms with van der Waals surface area (Å²) in [5, 5.41) is 5.55. The molecule has 0 saturated carbocycles. The Morgan fingerprint density at radius 3 is 2.58 bits per heavy atom. The summed E-state index contributed by atoms with van der Waals surface area (Å²) in [7, 11) is 0. The molecular weight excluding hydrogens is 390 g/mol. The number of carbonyl (C=O) groups is 1. The molecule has 0 spiro atoms. The van der Waals surface area contributed by atoms with Crippen molar-refractivity contribution in [1.29, 1.82) is 0 Å². The van der Waals surface area contributed by atoms with Gasteiger partial charge < -0.3 is 9.32 Å². The SMILES string of the molecule is Cc1nn(CC(=O)N2CCN(Cc3ccccc3)CC2)c2nccc(-c3ccco3)c12. The second kappa shape index (κ2) is 8.35. The Balaban J connectivity index is 1.28. The Hall–Kier alpha value is -3.45. The molecule has 7 heteroatoms. The molecule has 0 radical (unpaired) electrons. The number of aromatic nitrogens is 3. The smallest absolute Gasteiger partial charge is 0.244 e. The third-order valence-electron chi connectivity index (χ3n) is 5.85. The maximum atomic E-state index is 13.0. The van der Waals surface area contributed by atoms with Crippen molar-refractivity contribution < 1.29 is 9.21 Å². The summed E-state index contributed by atoms with van der Waals surface area (Å²) in [6, 6.07) is 16.2. The summed E-state index contributed by atoms with van der Waals surface area (Å²) in [6.07, 6.45) is 3.40. The van der Waals surface area contributed by atoms with Crippen LogP contribution in [-0.4, -0.2) is 56.7 Å². The van der Waals surface area contributed by atoms with Gasteiger partial charge in [0.15, 0.2) is 5.65 Å². The van der Waals surface area contributed by atoms with Crippen molar-refractivity contribution in [2.75, 3.05) is 26.2 Å². The molecule has 0 bridgehead atoms. The minimum Gasteiger partial charge on any atom is -0.464 e. The van der Waals surface area contributed by atoms with Crippen LogP contribution in [0, 0.1) is 6.92 Å². The maximum absolute atomic E-state index is 13.0. The molecule has 0 aliphatic carbocycles. The zero-order chi connectivity index (χ0) is 21.2. The van der Waals surface area contributed by atoms with E-state index in [1.54, 1.807) is 17.1 Å². The standard InChI is InChI=1S/C24H25N5O2/c1-18-23-20(21-8-5-15-31-21)9-10-25-24(23)29(26-18)17-22(30)28-13-11-27(12-14-28)16-19-6-3-2-4-7-19/h2-10,15H,11-14,16-17H2,1H3. The van der Waals surface area contributed by atoms with Gasteiger partial charge in [0.1, 0.15) is 12.3 Å². The topological polar surface area (TPSA) is 67.4 Å². The number of piperazine rings is 1. The number of pyridine rings is 1. The second-order valence-electron chi connectivity index (χ2n) is 7.92. The van der Waals surface area contributed by atoms with Crippen LogP contribution >= 0.6 is 0 Å². The highest BCUT2D eigenvalue weighted by Crippen LogP contribution is 2.30. The van der Waals surface area contributed by atoms with Gasteiger partial charge in [-0.3, -0.25) is 9.69 Å². The summed E-state index contributed by atoms with van der Waals surface area (Å²) in [4.78, 5) is 21.8. The van der Waals surface area contributed by atoms with E-state index in [0.717, 1.165) is 55.1 Å². The fourth-order valence-corrected chi connectivity index (χ4v) is 4.25. The van der Waals surface area contributed by atoms with E-state index in [2.05, 4.69) is 39.2 Å². The number of nitrogens with zero attached hydrogens (tertiary/aromatic N) is 5. The van der Waals surface area contributed by atoms with Crippen LogP contribution in [-0.2, 0) is 17.9 Å². The first kappa shape index (κ1) is 19.5. The van der Waals surface area contributed by atoms with Gasteiger partial charge in [-0.2, -0.15) is 5.10 Å². The molecule has 1 aliphatic heterocycles. The number of benzene rings is 1. The van der Waals surface area contributed by atoms with Crippen molar-refractivity contribution in [2.45, 2.75) is 20.0 Å². The van der Waals surface area contributed by atoms with Gasteiger partial charge in [0.05, 0.1) is 17.3 Å². The lowest BCUT2D eigenvalue weighted by Gasteiger charge is -2.34. The molecule has 7 nitrogen and oxygen atoms in total. The highest BCUT2D eigenvalue weighted by atomic mass is 16.3. The Labute approximate surface area is 180 Å². The van der Waals surface area contributed by atoms with Gasteiger partial charge in [-0.05, 0) is 30.7 Å². The fourth-order valence-electron chi connectivity index (χ4n) is 4.25. The van der Waals surface area contributed by atoms with Crippen LogP contribution in [0.25, 0.3) is 22.4 Å². The minimum absolute atomic E-state index is 0.0777. The van der Waals surface area contributed by atoms with Crippen LogP contribution < -0.4 is 0 Å². The molecule has 0 unspecified atom stereocenters. The summed E-state index contributed by atoms with van der Waals surface area (Å²) in [5.41, 5.74) is 3.80. The van der Waals surface area contributed by atoms with E-state index in [9.17, 15) is 4.79 Å². The monoisotopic (exact) mass is 415 g/mol. The van der Waals surface area contributed by atoms with Gasteiger partial charge in [0, 0.05) is 44.5 Å². The molecule has 0 atom stereocenters. The van der Waals surface area contributed by atoms with Crippen LogP contribution in [0.15, 0.2) is 65.4 Å². The number of amides is 1. The van der Waals surface area contributed by atoms with Crippen molar-refractivity contribution in [3.05, 3.63) is 72.2 Å². The highest BCUT2D eigenvalue weighted by molar-refractivity contribution is 5.93. The second-order valence-corrected chi connectivity index (χ2v) is 7.92. The summed E-state index contributed by atoms with van der Waals surface area (Å²) in [6.45, 7) is 6.27. The maximum Gasteiger partial charge on any atom is 0.244 e. The van der Waals surface area contributed by atoms with E-state index in [1.807, 2.05) is 36.1 Å². The van der Waals surface area contributed by atoms with E-state index in [-0.39, 0.29) is 12.5 Å². The molecule has 158 valence electrons. The molecule has 1 fully saturated rings. The Kier molecular flexibility index (Phi) is 5.26. The van der Waals surface area contributed by atoms with Gasteiger partial charge in [-0.25, -0.2) is 9.67 Å². The predicted octanol–water partition coefficient (Wildman–Crippen LogP) is 3.34. The number of hydrogen-bond acceptors (Lipinski definition) is 5. The zero-order valence-corrected chi connectivity index (χ0v) is 17.6. The first-order valence-electron chi connectivity index (χ1n) is 10.6. The van der Waals surface area contributed by atoms with Crippen molar-refractivity contribution in [1.82, 2.24) is 24.6 Å². The number of hydrogen-bond donors (Lipinski definition) is 0. The molecule has 1 aliphatic rings. The van der Waals surface area contributed by atoms with Crippen molar-refractivity contribution in [2.24, 2.45) is 0 Å². The summed E-state index contributed by atoms with van der Waals surface area (Å²) in [5.74, 6) is 0.852. The molecule has 31 heavy (non-hydrogen) atoms. The number of furan rings is 1. The number of rotatable bonds is 5. The van der Waals surface area contributed by atoms with Crippen molar-refractivity contribution >= 4 is 16.9 Å². The minimum atomic E-state index is 0.0777. The first-order chi connectivity index (χ1) is 15.2. The van der Waals surface area contributed by atoms with Crippen LogP contribution in [0.5, 0.6) is 0 Å². The first-order valence-corrected chi connectivity index (χ1v) is 10.6. The average molecular weight is 415 g/mol. The quantitative estimate of drug-likeness (QED) is 0.500. The molecule has 5 rings (SSSR count). The fraction of sp³-hybridized carbons (Fsp3) is 0.292. The molecule has 1 amide bonds. The lowest BCUT2D eigenvalue weighted by Crippen LogP contribution is -2.49. The molecular formula is C24H25N5O2. The van der Waals surface area contributed by atoms with Crippen molar-refractivity contribution in [3.63, 3.8) is 0 Å². The largest absolute Gasteiger partial charge is 0.464 e. The van der Waals surface area contributed by atoms with E-state index in [1.165, 1.54) is 5.56 Å². The number of aryl methyl sites for hydroxylation is 1. The van der Waals surface area contributed by atoms with Gasteiger partial charge >= 0.3 is 0 Å². The van der Waals surface area contributed by atoms with E-state index < -0.39 is 0 Å². The number of fused-ring (bicyclic) bond motifs is 1. The molecule has 4 aromatic rings. The summed E-state index contributed by atoms with van der Waals surface area (Å²) < 4.78 is 7.29. The zero-order valence-electron chi connectivity index (χ0n) is 17.6. The van der Waals surface area contributed by atoms with Gasteiger partial charge in [0.25, 0.3) is 0 Å². The predicted molar refractivity (Wildman–Crippen MR) is 118 cm³/mol. The van der Waals surface area contributed by atoms with Crippen LogP contribution in [0.2, 0.25) is 0 Å². The average Bonchev–Trinajstić information content (AvgIpc) is 3.44. The molecule has 1 aromatic carbocycles. The van der Waals surface area contributed by atoms with Crippen LogP contribution in [0.4, 0.5) is 0 Å². The summed E-state index contributed by atoms with van der Waals surface area (Å²) >= 11 is 0. The van der Waals surface area contributed by atoms with Gasteiger partial charge in [-0.1, -0.05) is 30.3 Å². The highest BCUT2D eigenvalue weighted by Gasteiger charge is 2.23. The van der Waals surface area contributed by atoms with E-state index in [4.69, 9.17) is 4.42 Å². The normalized spacial score (nSPS) is 14.9. The Bertz CT molecular complexity index is 1180. The Morgan fingerprint density at radius 2 is 1.84 bits per heavy atom. The lowest BCUT2D eigenvalue weighted by atomic mass is 10.1. The van der Waals surface area contributed by atoms with Gasteiger partial charge in [0.2, 0.25) is 5.91 Å². The van der Waals surface area contributed by atoms with Crippen molar-refractivity contribution in [3.8, 4) is 11.3 Å². The third-order valence-corrected chi connectivity index (χ3v) is 5.85. The van der Waals surface area contributed by atoms with E-state index >= 15 is 0 Å². The molecule has 1 saturated heterocycles. The molecule has 3 aromatic heterocycles. The van der Waals surface area contributed by atoms with Crippen LogP contribution in [0.1, 0.15) is 11.3 Å². The molecule has 0 N–H and O–H groups in total. The third kappa shape index (κ3) is 3.96.